The summed E-state index contributed by atoms with van der Waals surface area (Å²) in [6.45, 7) is 2.34. The number of aryl methyl sites for hydroxylation is 1. The van der Waals surface area contributed by atoms with Gasteiger partial charge in [0.25, 0.3) is 0 Å². The van der Waals surface area contributed by atoms with E-state index in [4.69, 9.17) is 0 Å². The number of benzene rings is 2. The van der Waals surface area contributed by atoms with Gasteiger partial charge in [0.05, 0.1) is 0 Å². The van der Waals surface area contributed by atoms with Crippen molar-refractivity contribution in [3.8, 4) is 11.4 Å². The van der Waals surface area contributed by atoms with Crippen LogP contribution in [-0.2, 0) is 22.7 Å². The van der Waals surface area contributed by atoms with E-state index in [0.717, 1.165) is 35.2 Å². The Labute approximate surface area is 168 Å². The number of hydrogen-bond donors (Lipinski definition) is 2. The minimum absolute atomic E-state index is 0.0169. The number of amides is 2. The summed E-state index contributed by atoms with van der Waals surface area (Å²) in [6.07, 6.45) is 1.92. The standard InChI is InChI=1S/C21H22N6O2/c1-14-5-7-16(8-6-14)20-24-26-27(25-20)13-19(28)22-12-15-3-2-4-18(11-15)23-21(29)17-9-10-17/h2-8,11,17H,9-10,12-13H2,1H3,(H,22,28)(H,23,29). The van der Waals surface area contributed by atoms with Crippen LogP contribution < -0.4 is 10.6 Å². The fraction of sp³-hybridized carbons (Fsp3) is 0.286. The Balaban J connectivity index is 1.30. The van der Waals surface area contributed by atoms with Gasteiger partial charge in [-0.3, -0.25) is 9.59 Å². The SMILES string of the molecule is Cc1ccc(-c2nnn(CC(=O)NCc3cccc(NC(=O)C4CC4)c3)n2)cc1. The Bertz CT molecular complexity index is 1020. The van der Waals surface area contributed by atoms with E-state index in [1.807, 2.05) is 55.5 Å². The van der Waals surface area contributed by atoms with Crippen LogP contribution in [0.4, 0.5) is 5.69 Å². The van der Waals surface area contributed by atoms with Crippen molar-refractivity contribution in [2.24, 2.45) is 5.92 Å². The maximum absolute atomic E-state index is 12.2. The molecule has 2 amide bonds. The number of carbonyl (C=O) groups is 2. The molecule has 0 saturated heterocycles. The molecule has 8 heteroatoms. The zero-order chi connectivity index (χ0) is 20.2. The quantitative estimate of drug-likeness (QED) is 0.645. The molecule has 0 spiro atoms. The summed E-state index contributed by atoms with van der Waals surface area (Å²) in [5, 5.41) is 18.0. The van der Waals surface area contributed by atoms with Crippen LogP contribution in [0.15, 0.2) is 48.5 Å². The van der Waals surface area contributed by atoms with Crippen molar-refractivity contribution in [2.75, 3.05) is 5.32 Å². The average Bonchev–Trinajstić information content (AvgIpc) is 3.47. The number of anilines is 1. The van der Waals surface area contributed by atoms with Crippen LogP contribution in [0.1, 0.15) is 24.0 Å². The summed E-state index contributed by atoms with van der Waals surface area (Å²) in [7, 11) is 0. The van der Waals surface area contributed by atoms with Gasteiger partial charge >= 0.3 is 0 Å². The largest absolute Gasteiger partial charge is 0.350 e. The van der Waals surface area contributed by atoms with Crippen LogP contribution >= 0.6 is 0 Å². The third-order valence-corrected chi connectivity index (χ3v) is 4.68. The average molecular weight is 390 g/mol. The zero-order valence-electron chi connectivity index (χ0n) is 16.1. The molecular weight excluding hydrogens is 368 g/mol. The summed E-state index contributed by atoms with van der Waals surface area (Å²) in [5.41, 5.74) is 3.65. The molecule has 2 aromatic carbocycles. The molecule has 29 heavy (non-hydrogen) atoms. The van der Waals surface area contributed by atoms with Gasteiger partial charge in [-0.1, -0.05) is 42.0 Å². The monoisotopic (exact) mass is 390 g/mol. The fourth-order valence-electron chi connectivity index (χ4n) is 2.86. The summed E-state index contributed by atoms with van der Waals surface area (Å²) in [5.74, 6) is 0.480. The van der Waals surface area contributed by atoms with Gasteiger partial charge in [-0.25, -0.2) is 0 Å². The lowest BCUT2D eigenvalue weighted by Gasteiger charge is -2.08. The summed E-state index contributed by atoms with van der Waals surface area (Å²) < 4.78 is 0. The Morgan fingerprint density at radius 2 is 1.93 bits per heavy atom. The van der Waals surface area contributed by atoms with Crippen LogP contribution in [0.3, 0.4) is 0 Å². The highest BCUT2D eigenvalue weighted by atomic mass is 16.2. The van der Waals surface area contributed by atoms with Gasteiger partial charge in [-0.15, -0.1) is 10.2 Å². The van der Waals surface area contributed by atoms with E-state index in [-0.39, 0.29) is 24.3 Å². The molecule has 0 aliphatic heterocycles. The number of rotatable bonds is 7. The Hall–Kier alpha value is -3.55. The second-order valence-corrected chi connectivity index (χ2v) is 7.25. The molecule has 1 aliphatic rings. The molecule has 148 valence electrons. The van der Waals surface area contributed by atoms with E-state index in [9.17, 15) is 9.59 Å². The van der Waals surface area contributed by atoms with Crippen molar-refractivity contribution in [3.63, 3.8) is 0 Å². The zero-order valence-corrected chi connectivity index (χ0v) is 16.1. The summed E-state index contributed by atoms with van der Waals surface area (Å²) >= 11 is 0. The fourth-order valence-corrected chi connectivity index (χ4v) is 2.86. The van der Waals surface area contributed by atoms with Gasteiger partial charge in [0.1, 0.15) is 6.54 Å². The number of nitrogens with one attached hydrogen (secondary N) is 2. The molecule has 0 bridgehead atoms. The lowest BCUT2D eigenvalue weighted by atomic mass is 10.1. The molecule has 1 heterocycles. The second-order valence-electron chi connectivity index (χ2n) is 7.25. The molecule has 1 aliphatic carbocycles. The van der Waals surface area contributed by atoms with Crippen LogP contribution in [0.25, 0.3) is 11.4 Å². The van der Waals surface area contributed by atoms with Crippen molar-refractivity contribution in [3.05, 3.63) is 59.7 Å². The van der Waals surface area contributed by atoms with E-state index in [1.165, 1.54) is 4.80 Å². The van der Waals surface area contributed by atoms with Crippen LogP contribution in [0.2, 0.25) is 0 Å². The van der Waals surface area contributed by atoms with Gasteiger partial charge in [0, 0.05) is 23.7 Å². The normalized spacial score (nSPS) is 13.1. The first-order valence-corrected chi connectivity index (χ1v) is 9.58. The smallest absolute Gasteiger partial charge is 0.243 e. The molecule has 8 nitrogen and oxygen atoms in total. The number of aromatic nitrogens is 4. The molecule has 0 radical (unpaired) electrons. The molecule has 4 rings (SSSR count). The van der Waals surface area contributed by atoms with E-state index < -0.39 is 0 Å². The minimum atomic E-state index is -0.217. The molecular formula is C21H22N6O2. The predicted molar refractivity (Wildman–Crippen MR) is 108 cm³/mol. The highest BCUT2D eigenvalue weighted by Gasteiger charge is 2.29. The van der Waals surface area contributed by atoms with Crippen molar-refractivity contribution >= 4 is 17.5 Å². The molecule has 0 unspecified atom stereocenters. The summed E-state index contributed by atoms with van der Waals surface area (Å²) in [4.78, 5) is 25.4. The van der Waals surface area contributed by atoms with Gasteiger partial charge in [-0.2, -0.15) is 4.80 Å². The highest BCUT2D eigenvalue weighted by Crippen LogP contribution is 2.30. The lowest BCUT2D eigenvalue weighted by molar-refractivity contribution is -0.122. The molecule has 1 saturated carbocycles. The van der Waals surface area contributed by atoms with E-state index in [2.05, 4.69) is 26.0 Å². The van der Waals surface area contributed by atoms with E-state index in [0.29, 0.717) is 12.4 Å². The van der Waals surface area contributed by atoms with Crippen LogP contribution in [0, 0.1) is 12.8 Å². The first-order valence-electron chi connectivity index (χ1n) is 9.58. The molecule has 1 aromatic heterocycles. The topological polar surface area (TPSA) is 102 Å². The van der Waals surface area contributed by atoms with Gasteiger partial charge in [0.2, 0.25) is 17.6 Å². The highest BCUT2D eigenvalue weighted by molar-refractivity contribution is 5.94. The number of nitrogens with zero attached hydrogens (tertiary/aromatic N) is 4. The van der Waals surface area contributed by atoms with E-state index >= 15 is 0 Å². The summed E-state index contributed by atoms with van der Waals surface area (Å²) in [6, 6.07) is 15.3. The predicted octanol–water partition coefficient (Wildman–Crippen LogP) is 2.31. The van der Waals surface area contributed by atoms with Gasteiger partial charge < -0.3 is 10.6 Å². The van der Waals surface area contributed by atoms with Crippen molar-refractivity contribution in [1.82, 2.24) is 25.5 Å². The number of hydrogen-bond acceptors (Lipinski definition) is 5. The third kappa shape index (κ3) is 5.04. The van der Waals surface area contributed by atoms with Crippen LogP contribution in [-0.4, -0.2) is 32.0 Å². The lowest BCUT2D eigenvalue weighted by Crippen LogP contribution is -2.28. The second kappa shape index (κ2) is 8.22. The molecule has 1 fully saturated rings. The Kier molecular flexibility index (Phi) is 5.33. The maximum Gasteiger partial charge on any atom is 0.243 e. The van der Waals surface area contributed by atoms with Gasteiger partial charge in [-0.05, 0) is 42.7 Å². The maximum atomic E-state index is 12.2. The van der Waals surface area contributed by atoms with Crippen molar-refractivity contribution in [1.29, 1.82) is 0 Å². The van der Waals surface area contributed by atoms with Crippen molar-refractivity contribution in [2.45, 2.75) is 32.9 Å². The van der Waals surface area contributed by atoms with Crippen molar-refractivity contribution < 1.29 is 9.59 Å². The Morgan fingerprint density at radius 1 is 1.14 bits per heavy atom. The molecule has 0 atom stereocenters. The first kappa shape index (κ1) is 18.8. The number of tetrazole rings is 1. The minimum Gasteiger partial charge on any atom is -0.350 e. The Morgan fingerprint density at radius 3 is 2.69 bits per heavy atom. The first-order chi connectivity index (χ1) is 14.1. The third-order valence-electron chi connectivity index (χ3n) is 4.68. The molecule has 3 aromatic rings. The number of carbonyl (C=O) groups excluding carboxylic acids is 2. The van der Waals surface area contributed by atoms with Gasteiger partial charge in [0.15, 0.2) is 0 Å². The van der Waals surface area contributed by atoms with Crippen LogP contribution in [0.5, 0.6) is 0 Å². The molecule has 2 N–H and O–H groups in total. The van der Waals surface area contributed by atoms with E-state index in [1.54, 1.807) is 0 Å².